The number of nitrogens with one attached hydrogen (secondary N) is 1. The molecule has 0 aliphatic carbocycles. The molecule has 3 nitrogen and oxygen atoms in total. The van der Waals surface area contributed by atoms with Crippen LogP contribution in [0.4, 0.5) is 0 Å². The lowest BCUT2D eigenvalue weighted by atomic mass is 10.2. The number of hydrogen-bond acceptors (Lipinski definition) is 3. The van der Waals surface area contributed by atoms with Gasteiger partial charge in [0.15, 0.2) is 0 Å². The van der Waals surface area contributed by atoms with Crippen LogP contribution in [0.3, 0.4) is 0 Å². The molecule has 0 spiro atoms. The molecule has 5 heteroatoms. The molecule has 0 aromatic heterocycles. The van der Waals surface area contributed by atoms with Gasteiger partial charge < -0.3 is 14.8 Å². The zero-order chi connectivity index (χ0) is 13.4. The fourth-order valence-corrected chi connectivity index (χ4v) is 2.21. The summed E-state index contributed by atoms with van der Waals surface area (Å²) in [7, 11) is 3.57. The summed E-state index contributed by atoms with van der Waals surface area (Å²) in [5.41, 5.74) is 0.974. The monoisotopic (exact) mass is 291 g/mol. The molecule has 0 bridgehead atoms. The Morgan fingerprint density at radius 1 is 1.17 bits per heavy atom. The van der Waals surface area contributed by atoms with E-state index in [4.69, 9.17) is 32.7 Å². The van der Waals surface area contributed by atoms with E-state index in [1.165, 1.54) is 0 Å². The number of methoxy groups -OCH3 is 1. The summed E-state index contributed by atoms with van der Waals surface area (Å²) in [6, 6.07) is 3.57. The van der Waals surface area contributed by atoms with Crippen molar-refractivity contribution in [1.82, 2.24) is 5.32 Å². The molecule has 0 fully saturated rings. The lowest BCUT2D eigenvalue weighted by Crippen LogP contribution is -2.09. The normalized spacial score (nSPS) is 10.7. The summed E-state index contributed by atoms with van der Waals surface area (Å²) in [5, 5.41) is 4.25. The first-order valence-corrected chi connectivity index (χ1v) is 6.69. The second kappa shape index (κ2) is 8.59. The Balaban J connectivity index is 2.62. The Morgan fingerprint density at radius 2 is 1.89 bits per heavy atom. The second-order valence-corrected chi connectivity index (χ2v) is 4.80. The van der Waals surface area contributed by atoms with E-state index < -0.39 is 0 Å². The Labute approximate surface area is 118 Å². The minimum absolute atomic E-state index is 0.555. The summed E-state index contributed by atoms with van der Waals surface area (Å²) in [6.07, 6.45) is 1.91. The smallest absolute Gasteiger partial charge is 0.142 e. The topological polar surface area (TPSA) is 30.5 Å². The average molecular weight is 292 g/mol. The van der Waals surface area contributed by atoms with Crippen LogP contribution in [0.1, 0.15) is 18.4 Å². The maximum Gasteiger partial charge on any atom is 0.142 e. The SMILES string of the molecule is CNCc1cc(Cl)cc(Cl)c1OCCCCOC. The summed E-state index contributed by atoms with van der Waals surface area (Å²) in [6.45, 7) is 2.05. The van der Waals surface area contributed by atoms with Crippen molar-refractivity contribution in [3.63, 3.8) is 0 Å². The quantitative estimate of drug-likeness (QED) is 0.744. The van der Waals surface area contributed by atoms with Crippen molar-refractivity contribution in [2.24, 2.45) is 0 Å². The molecule has 102 valence electrons. The van der Waals surface area contributed by atoms with Crippen molar-refractivity contribution >= 4 is 23.2 Å². The Morgan fingerprint density at radius 3 is 2.56 bits per heavy atom. The Bertz CT molecular complexity index is 372. The van der Waals surface area contributed by atoms with E-state index in [2.05, 4.69) is 5.32 Å². The molecule has 0 amide bonds. The maximum absolute atomic E-state index is 6.15. The van der Waals surface area contributed by atoms with Gasteiger partial charge in [0.1, 0.15) is 5.75 Å². The minimum atomic E-state index is 0.555. The highest BCUT2D eigenvalue weighted by molar-refractivity contribution is 6.35. The van der Waals surface area contributed by atoms with Gasteiger partial charge in [-0.3, -0.25) is 0 Å². The van der Waals surface area contributed by atoms with E-state index in [0.717, 1.165) is 25.0 Å². The van der Waals surface area contributed by atoms with Crippen LogP contribution >= 0.6 is 23.2 Å². The molecular formula is C13H19Cl2NO2. The van der Waals surface area contributed by atoms with Crippen LogP contribution in [-0.2, 0) is 11.3 Å². The van der Waals surface area contributed by atoms with Gasteiger partial charge in [-0.15, -0.1) is 0 Å². The zero-order valence-electron chi connectivity index (χ0n) is 10.8. The standard InChI is InChI=1S/C13H19Cl2NO2/c1-16-9-10-7-11(14)8-12(15)13(10)18-6-4-3-5-17-2/h7-8,16H,3-6,9H2,1-2H3. The van der Waals surface area contributed by atoms with Gasteiger partial charge >= 0.3 is 0 Å². The molecule has 0 unspecified atom stereocenters. The van der Waals surface area contributed by atoms with Gasteiger partial charge in [-0.1, -0.05) is 23.2 Å². The van der Waals surface area contributed by atoms with Crippen LogP contribution in [0.25, 0.3) is 0 Å². The van der Waals surface area contributed by atoms with Crippen molar-refractivity contribution < 1.29 is 9.47 Å². The van der Waals surface area contributed by atoms with E-state index in [9.17, 15) is 0 Å². The highest BCUT2D eigenvalue weighted by Crippen LogP contribution is 2.32. The average Bonchev–Trinajstić information content (AvgIpc) is 2.32. The lowest BCUT2D eigenvalue weighted by Gasteiger charge is -2.13. The third-order valence-electron chi connectivity index (χ3n) is 2.44. The number of unbranched alkanes of at least 4 members (excludes halogenated alkanes) is 1. The molecule has 0 atom stereocenters. The number of halogens is 2. The summed E-state index contributed by atoms with van der Waals surface area (Å²) < 4.78 is 10.7. The second-order valence-electron chi connectivity index (χ2n) is 3.95. The van der Waals surface area contributed by atoms with Crippen LogP contribution in [0, 0.1) is 0 Å². The van der Waals surface area contributed by atoms with E-state index in [0.29, 0.717) is 28.9 Å². The van der Waals surface area contributed by atoms with Crippen LogP contribution in [0.15, 0.2) is 12.1 Å². The van der Waals surface area contributed by atoms with Crippen LogP contribution in [-0.4, -0.2) is 27.4 Å². The highest BCUT2D eigenvalue weighted by atomic mass is 35.5. The van der Waals surface area contributed by atoms with Gasteiger partial charge in [-0.05, 0) is 32.0 Å². The fraction of sp³-hybridized carbons (Fsp3) is 0.538. The van der Waals surface area contributed by atoms with Crippen LogP contribution < -0.4 is 10.1 Å². The minimum Gasteiger partial charge on any atom is -0.492 e. The molecule has 0 saturated carbocycles. The van der Waals surface area contributed by atoms with Gasteiger partial charge in [0.2, 0.25) is 0 Å². The van der Waals surface area contributed by atoms with Crippen molar-refractivity contribution in [2.45, 2.75) is 19.4 Å². The maximum atomic E-state index is 6.15. The van der Waals surface area contributed by atoms with Gasteiger partial charge in [0.05, 0.1) is 11.6 Å². The molecule has 0 saturated heterocycles. The number of rotatable bonds is 8. The molecule has 0 aliphatic rings. The Hall–Kier alpha value is -0.480. The highest BCUT2D eigenvalue weighted by Gasteiger charge is 2.10. The third kappa shape index (κ3) is 5.02. The molecule has 1 N–H and O–H groups in total. The predicted molar refractivity (Wildman–Crippen MR) is 75.8 cm³/mol. The molecule has 1 rings (SSSR count). The molecule has 1 aromatic carbocycles. The molecule has 0 heterocycles. The van der Waals surface area contributed by atoms with E-state index in [1.807, 2.05) is 13.1 Å². The van der Waals surface area contributed by atoms with Gasteiger partial charge in [-0.25, -0.2) is 0 Å². The molecule has 18 heavy (non-hydrogen) atoms. The first kappa shape index (κ1) is 15.6. The van der Waals surface area contributed by atoms with Gasteiger partial charge in [0.25, 0.3) is 0 Å². The first-order valence-electron chi connectivity index (χ1n) is 5.93. The number of hydrogen-bond donors (Lipinski definition) is 1. The van der Waals surface area contributed by atoms with Crippen LogP contribution in [0.5, 0.6) is 5.75 Å². The first-order chi connectivity index (χ1) is 8.69. The largest absolute Gasteiger partial charge is 0.492 e. The summed E-state index contributed by atoms with van der Waals surface area (Å²) in [4.78, 5) is 0. The van der Waals surface area contributed by atoms with Crippen LogP contribution in [0.2, 0.25) is 10.0 Å². The molecule has 1 aromatic rings. The van der Waals surface area contributed by atoms with Gasteiger partial charge in [0, 0.05) is 30.8 Å². The lowest BCUT2D eigenvalue weighted by molar-refractivity contribution is 0.184. The number of ether oxygens (including phenoxy) is 2. The van der Waals surface area contributed by atoms with Crippen molar-refractivity contribution in [3.8, 4) is 5.75 Å². The van der Waals surface area contributed by atoms with E-state index in [-0.39, 0.29) is 0 Å². The number of benzene rings is 1. The third-order valence-corrected chi connectivity index (χ3v) is 2.94. The fourth-order valence-electron chi connectivity index (χ4n) is 1.62. The molecule has 0 aliphatic heterocycles. The summed E-state index contributed by atoms with van der Waals surface area (Å²) in [5.74, 6) is 0.716. The molecular weight excluding hydrogens is 273 g/mol. The zero-order valence-corrected chi connectivity index (χ0v) is 12.3. The molecule has 0 radical (unpaired) electrons. The van der Waals surface area contributed by atoms with Crippen molar-refractivity contribution in [3.05, 3.63) is 27.7 Å². The summed E-state index contributed by atoms with van der Waals surface area (Å²) >= 11 is 12.1. The van der Waals surface area contributed by atoms with Crippen molar-refractivity contribution in [2.75, 3.05) is 27.4 Å². The van der Waals surface area contributed by atoms with E-state index >= 15 is 0 Å². The van der Waals surface area contributed by atoms with E-state index in [1.54, 1.807) is 13.2 Å². The van der Waals surface area contributed by atoms with Crippen molar-refractivity contribution in [1.29, 1.82) is 0 Å². The van der Waals surface area contributed by atoms with Gasteiger partial charge in [-0.2, -0.15) is 0 Å². The Kier molecular flexibility index (Phi) is 7.44. The predicted octanol–water partition coefficient (Wildman–Crippen LogP) is 3.52.